The number of nitrogens with zero attached hydrogens (tertiary/aromatic N) is 5. The summed E-state index contributed by atoms with van der Waals surface area (Å²) in [4.78, 5) is 25.9. The Kier molecular flexibility index (Phi) is 6.77. The van der Waals surface area contributed by atoms with Crippen molar-refractivity contribution in [1.82, 2.24) is 30.0 Å². The number of ether oxygens (including phenoxy) is 2. The van der Waals surface area contributed by atoms with Crippen molar-refractivity contribution in [3.05, 3.63) is 35.1 Å². The lowest BCUT2D eigenvalue weighted by atomic mass is 10.0. The third-order valence-corrected chi connectivity index (χ3v) is 6.18. The van der Waals surface area contributed by atoms with Crippen molar-refractivity contribution in [3.8, 4) is 11.4 Å². The van der Waals surface area contributed by atoms with Crippen LogP contribution < -0.4 is 10.1 Å². The highest BCUT2D eigenvalue weighted by atomic mass is 79.9. The first-order valence-electron chi connectivity index (χ1n) is 10.2. The van der Waals surface area contributed by atoms with Gasteiger partial charge in [-0.1, -0.05) is 0 Å². The fraction of sp³-hybridized carbons (Fsp3) is 0.476. The summed E-state index contributed by atoms with van der Waals surface area (Å²) in [6.07, 6.45) is 8.62. The minimum absolute atomic E-state index is 0.0492. The Morgan fingerprint density at radius 1 is 1.29 bits per heavy atom. The number of halogens is 1. The zero-order valence-corrected chi connectivity index (χ0v) is 19.1. The Morgan fingerprint density at radius 2 is 2.16 bits per heavy atom. The minimum atomic E-state index is 0.0492. The van der Waals surface area contributed by atoms with Crippen molar-refractivity contribution in [3.63, 3.8) is 0 Å². The lowest BCUT2D eigenvalue weighted by molar-refractivity contribution is -0.125. The Hall–Kier alpha value is -2.59. The third kappa shape index (κ3) is 4.85. The van der Waals surface area contributed by atoms with Gasteiger partial charge in [0.05, 0.1) is 37.2 Å². The van der Waals surface area contributed by atoms with E-state index in [1.54, 1.807) is 37.5 Å². The summed E-state index contributed by atoms with van der Waals surface area (Å²) in [6.45, 7) is 1.08. The van der Waals surface area contributed by atoms with E-state index in [2.05, 4.69) is 36.3 Å². The topological polar surface area (TPSA) is 104 Å². The van der Waals surface area contributed by atoms with Gasteiger partial charge in [-0.3, -0.25) is 9.78 Å². The molecule has 1 fully saturated rings. The van der Waals surface area contributed by atoms with Crippen LogP contribution in [0.25, 0.3) is 16.7 Å². The molecule has 10 heteroatoms. The molecule has 0 aliphatic heterocycles. The number of fused-ring (bicyclic) bond motifs is 1. The standard InChI is InChI=1S/C21H25BrN6O3/c1-30-6-5-24-21(29)14-4-3-13(7-14)8-18-25-12-17-19(22)27-28(20(17)26-18)15-9-16(31-2)11-23-10-15/h9-14H,3-8H2,1-2H3,(H,24,29)/t13-,14-/m1/s1. The average Bonchev–Trinajstić information content (AvgIpc) is 3.38. The maximum absolute atomic E-state index is 12.3. The monoisotopic (exact) mass is 488 g/mol. The number of carbonyl (C=O) groups is 1. The van der Waals surface area contributed by atoms with Crippen molar-refractivity contribution in [1.29, 1.82) is 0 Å². The van der Waals surface area contributed by atoms with Crippen LogP contribution in [0, 0.1) is 11.8 Å². The Balaban J connectivity index is 1.50. The van der Waals surface area contributed by atoms with E-state index < -0.39 is 0 Å². The van der Waals surface area contributed by atoms with Crippen LogP contribution >= 0.6 is 15.9 Å². The van der Waals surface area contributed by atoms with E-state index in [4.69, 9.17) is 14.5 Å². The van der Waals surface area contributed by atoms with Gasteiger partial charge in [0.15, 0.2) is 5.65 Å². The van der Waals surface area contributed by atoms with Gasteiger partial charge in [-0.25, -0.2) is 14.6 Å². The molecule has 1 amide bonds. The lowest BCUT2D eigenvalue weighted by Gasteiger charge is -2.11. The highest BCUT2D eigenvalue weighted by Gasteiger charge is 2.30. The molecule has 0 spiro atoms. The Labute approximate surface area is 188 Å². The zero-order chi connectivity index (χ0) is 21.8. The summed E-state index contributed by atoms with van der Waals surface area (Å²) in [5, 5.41) is 8.32. The Morgan fingerprint density at radius 3 is 2.97 bits per heavy atom. The molecule has 0 radical (unpaired) electrons. The van der Waals surface area contributed by atoms with Crippen LogP contribution in [0.3, 0.4) is 0 Å². The number of methoxy groups -OCH3 is 2. The first-order chi connectivity index (χ1) is 15.1. The molecule has 4 rings (SSSR count). The van der Waals surface area contributed by atoms with E-state index in [1.165, 1.54) is 0 Å². The highest BCUT2D eigenvalue weighted by Crippen LogP contribution is 2.33. The minimum Gasteiger partial charge on any atom is -0.495 e. The number of nitrogens with one attached hydrogen (secondary N) is 1. The quantitative estimate of drug-likeness (QED) is 0.486. The number of aromatic nitrogens is 5. The van der Waals surface area contributed by atoms with Crippen LogP contribution in [0.1, 0.15) is 25.1 Å². The van der Waals surface area contributed by atoms with Gasteiger partial charge in [-0.2, -0.15) is 5.10 Å². The van der Waals surface area contributed by atoms with Crippen LogP contribution in [0.5, 0.6) is 5.75 Å². The van der Waals surface area contributed by atoms with Crippen molar-refractivity contribution < 1.29 is 14.3 Å². The molecule has 2 atom stereocenters. The second-order valence-electron chi connectivity index (χ2n) is 7.67. The molecule has 3 heterocycles. The van der Waals surface area contributed by atoms with E-state index in [-0.39, 0.29) is 11.8 Å². The van der Waals surface area contributed by atoms with Crippen LogP contribution in [-0.2, 0) is 16.0 Å². The van der Waals surface area contributed by atoms with Crippen molar-refractivity contribution >= 4 is 32.9 Å². The normalized spacial score (nSPS) is 18.4. The molecular formula is C21H25BrN6O3. The van der Waals surface area contributed by atoms with Crippen LogP contribution in [-0.4, -0.2) is 58.0 Å². The molecule has 9 nitrogen and oxygen atoms in total. The number of pyridine rings is 1. The van der Waals surface area contributed by atoms with Gasteiger partial charge in [-0.05, 0) is 41.1 Å². The molecule has 3 aromatic rings. The van der Waals surface area contributed by atoms with Crippen LogP contribution in [0.4, 0.5) is 0 Å². The van der Waals surface area contributed by atoms with E-state index in [9.17, 15) is 4.79 Å². The molecule has 0 bridgehead atoms. The molecule has 0 unspecified atom stereocenters. The van der Waals surface area contributed by atoms with Crippen LogP contribution in [0.15, 0.2) is 29.3 Å². The second-order valence-corrected chi connectivity index (χ2v) is 8.42. The van der Waals surface area contributed by atoms with Crippen molar-refractivity contribution in [2.24, 2.45) is 11.8 Å². The van der Waals surface area contributed by atoms with Gasteiger partial charge in [0, 0.05) is 38.3 Å². The van der Waals surface area contributed by atoms with E-state index in [0.29, 0.717) is 35.1 Å². The summed E-state index contributed by atoms with van der Waals surface area (Å²) >= 11 is 3.50. The highest BCUT2D eigenvalue weighted by molar-refractivity contribution is 9.10. The van der Waals surface area contributed by atoms with E-state index in [1.807, 2.05) is 6.07 Å². The van der Waals surface area contributed by atoms with Gasteiger partial charge in [0.1, 0.15) is 16.2 Å². The molecule has 1 N–H and O–H groups in total. The van der Waals surface area contributed by atoms with Crippen molar-refractivity contribution in [2.75, 3.05) is 27.4 Å². The molecule has 1 saturated carbocycles. The van der Waals surface area contributed by atoms with E-state index >= 15 is 0 Å². The predicted octanol–water partition coefficient (Wildman–Crippen LogP) is 2.70. The smallest absolute Gasteiger partial charge is 0.223 e. The second kappa shape index (κ2) is 9.69. The van der Waals surface area contributed by atoms with Crippen molar-refractivity contribution in [2.45, 2.75) is 25.7 Å². The SMILES string of the molecule is COCCNC(=O)[C@@H]1CC[C@@H](Cc2ncc3c(Br)nn(-c4cncc(OC)c4)c3n2)C1. The molecule has 0 aromatic carbocycles. The zero-order valence-electron chi connectivity index (χ0n) is 17.5. The average molecular weight is 489 g/mol. The molecule has 31 heavy (non-hydrogen) atoms. The number of amides is 1. The molecule has 1 aliphatic rings. The lowest BCUT2D eigenvalue weighted by Crippen LogP contribution is -2.32. The maximum Gasteiger partial charge on any atom is 0.223 e. The fourth-order valence-corrected chi connectivity index (χ4v) is 4.43. The predicted molar refractivity (Wildman–Crippen MR) is 118 cm³/mol. The summed E-state index contributed by atoms with van der Waals surface area (Å²) in [7, 11) is 3.23. The molecule has 3 aromatic heterocycles. The molecular weight excluding hydrogens is 464 g/mol. The first kappa shape index (κ1) is 21.6. The number of carbonyl (C=O) groups excluding carboxylic acids is 1. The maximum atomic E-state index is 12.3. The molecule has 0 saturated heterocycles. The van der Waals surface area contributed by atoms with Crippen LogP contribution in [0.2, 0.25) is 0 Å². The molecule has 164 valence electrons. The van der Waals surface area contributed by atoms with E-state index in [0.717, 1.165) is 42.6 Å². The number of hydrogen-bond donors (Lipinski definition) is 1. The summed E-state index contributed by atoms with van der Waals surface area (Å²) < 4.78 is 12.7. The summed E-state index contributed by atoms with van der Waals surface area (Å²) in [5.74, 6) is 1.94. The summed E-state index contributed by atoms with van der Waals surface area (Å²) in [6, 6.07) is 1.86. The number of hydrogen-bond acceptors (Lipinski definition) is 7. The van der Waals surface area contributed by atoms with Gasteiger partial charge in [-0.15, -0.1) is 0 Å². The van der Waals surface area contributed by atoms with Gasteiger partial charge in [0.25, 0.3) is 0 Å². The largest absolute Gasteiger partial charge is 0.495 e. The van der Waals surface area contributed by atoms with Gasteiger partial charge >= 0.3 is 0 Å². The van der Waals surface area contributed by atoms with Gasteiger partial charge in [0.2, 0.25) is 5.91 Å². The first-order valence-corrected chi connectivity index (χ1v) is 11.0. The molecule has 1 aliphatic carbocycles. The van der Waals surface area contributed by atoms with Gasteiger partial charge < -0.3 is 14.8 Å². The number of rotatable bonds is 8. The summed E-state index contributed by atoms with van der Waals surface area (Å²) in [5.41, 5.74) is 1.46. The Bertz CT molecular complexity index is 1070. The fourth-order valence-electron chi connectivity index (χ4n) is 3.99. The third-order valence-electron chi connectivity index (χ3n) is 5.60.